The Hall–Kier alpha value is -2.12. The van der Waals surface area contributed by atoms with Gasteiger partial charge in [0.25, 0.3) is 5.41 Å². The quantitative estimate of drug-likeness (QED) is 0.115. The van der Waals surface area contributed by atoms with Crippen molar-refractivity contribution in [2.75, 3.05) is 26.4 Å². The number of esters is 4. The lowest BCUT2D eigenvalue weighted by Gasteiger charge is -2.33. The van der Waals surface area contributed by atoms with E-state index in [0.29, 0.717) is 32.1 Å². The number of carbonyl (C=O) groups is 4. The van der Waals surface area contributed by atoms with Gasteiger partial charge in [0.15, 0.2) is 0 Å². The summed E-state index contributed by atoms with van der Waals surface area (Å²) in [6.45, 7) is 9.69. The highest BCUT2D eigenvalue weighted by Gasteiger charge is 2.65. The summed E-state index contributed by atoms with van der Waals surface area (Å²) < 4.78 is 21.4. The highest BCUT2D eigenvalue weighted by molar-refractivity contribution is 6.20. The fourth-order valence-corrected chi connectivity index (χ4v) is 3.16. The number of carbonyl (C=O) groups excluding carboxylic acids is 4. The van der Waals surface area contributed by atoms with Crippen molar-refractivity contribution in [3.8, 4) is 0 Å². The maximum Gasteiger partial charge on any atom is 0.336 e. The Labute approximate surface area is 199 Å². The van der Waals surface area contributed by atoms with Crippen LogP contribution in [0.3, 0.4) is 0 Å². The van der Waals surface area contributed by atoms with Crippen LogP contribution in [-0.2, 0) is 38.1 Å². The average molecular weight is 473 g/mol. The molecule has 0 heterocycles. The van der Waals surface area contributed by atoms with Crippen molar-refractivity contribution < 1.29 is 38.1 Å². The minimum absolute atomic E-state index is 0.0191. The molecule has 192 valence electrons. The molecular formula is C25H44O8. The zero-order valence-electron chi connectivity index (χ0n) is 21.2. The van der Waals surface area contributed by atoms with Crippen LogP contribution in [0.5, 0.6) is 0 Å². The molecule has 33 heavy (non-hydrogen) atoms. The minimum atomic E-state index is -2.55. The Kier molecular flexibility index (Phi) is 17.1. The number of hydrogen-bond acceptors (Lipinski definition) is 8. The highest BCUT2D eigenvalue weighted by atomic mass is 16.6. The van der Waals surface area contributed by atoms with Crippen LogP contribution in [0, 0.1) is 11.3 Å². The summed E-state index contributed by atoms with van der Waals surface area (Å²) in [6.07, 6.45) is 5.83. The first-order chi connectivity index (χ1) is 15.9. The van der Waals surface area contributed by atoms with Crippen LogP contribution < -0.4 is 0 Å². The van der Waals surface area contributed by atoms with Crippen molar-refractivity contribution in [1.29, 1.82) is 0 Å². The fraction of sp³-hybridized carbons (Fsp3) is 0.840. The van der Waals surface area contributed by atoms with Gasteiger partial charge in [0.05, 0.1) is 32.3 Å². The molecule has 0 aliphatic heterocycles. The minimum Gasteiger partial charge on any atom is -0.465 e. The third-order valence-electron chi connectivity index (χ3n) is 5.29. The molecule has 0 fully saturated rings. The molecule has 0 aliphatic rings. The smallest absolute Gasteiger partial charge is 0.336 e. The van der Waals surface area contributed by atoms with Crippen molar-refractivity contribution in [3.63, 3.8) is 0 Å². The maximum absolute atomic E-state index is 13.4. The second-order valence-electron chi connectivity index (χ2n) is 8.14. The van der Waals surface area contributed by atoms with Gasteiger partial charge in [-0.15, -0.1) is 0 Å². The van der Waals surface area contributed by atoms with E-state index in [0.717, 1.165) is 25.7 Å². The predicted octanol–water partition coefficient (Wildman–Crippen LogP) is 4.76. The predicted molar refractivity (Wildman–Crippen MR) is 124 cm³/mol. The van der Waals surface area contributed by atoms with Crippen molar-refractivity contribution >= 4 is 23.9 Å². The molecule has 0 bridgehead atoms. The number of unbranched alkanes of at least 4 members (excludes halogenated alkanes) is 4. The lowest BCUT2D eigenvalue weighted by molar-refractivity contribution is -0.195. The zero-order valence-corrected chi connectivity index (χ0v) is 21.2. The SMILES string of the molecule is CCCCOC(=O)C(CCC)C(C(=O)OCCCC)(C(=O)OCCCC)C(=O)OCCCC. The molecule has 0 aliphatic carbocycles. The Balaban J connectivity index is 6.40. The first-order valence-corrected chi connectivity index (χ1v) is 12.6. The van der Waals surface area contributed by atoms with Crippen molar-refractivity contribution in [2.45, 2.75) is 98.8 Å². The summed E-state index contributed by atoms with van der Waals surface area (Å²) in [4.78, 5) is 53.3. The lowest BCUT2D eigenvalue weighted by atomic mass is 9.72. The molecule has 8 heteroatoms. The summed E-state index contributed by atoms with van der Waals surface area (Å²) in [5.74, 6) is -5.51. The first kappa shape index (κ1) is 30.9. The summed E-state index contributed by atoms with van der Waals surface area (Å²) >= 11 is 0. The van der Waals surface area contributed by atoms with Crippen LogP contribution in [0.1, 0.15) is 98.8 Å². The van der Waals surface area contributed by atoms with Crippen molar-refractivity contribution in [2.24, 2.45) is 11.3 Å². The van der Waals surface area contributed by atoms with Crippen molar-refractivity contribution in [3.05, 3.63) is 0 Å². The van der Waals surface area contributed by atoms with Gasteiger partial charge in [-0.25, -0.2) is 0 Å². The first-order valence-electron chi connectivity index (χ1n) is 12.6. The van der Waals surface area contributed by atoms with Gasteiger partial charge in [0, 0.05) is 0 Å². The van der Waals surface area contributed by atoms with Crippen LogP contribution in [0.2, 0.25) is 0 Å². The van der Waals surface area contributed by atoms with Crippen LogP contribution in [0.4, 0.5) is 0 Å². The van der Waals surface area contributed by atoms with Crippen molar-refractivity contribution in [1.82, 2.24) is 0 Å². The summed E-state index contributed by atoms with van der Waals surface area (Å²) in [5, 5.41) is 0. The molecule has 0 saturated heterocycles. The monoisotopic (exact) mass is 472 g/mol. The zero-order chi connectivity index (χ0) is 25.1. The van der Waals surface area contributed by atoms with E-state index < -0.39 is 35.2 Å². The van der Waals surface area contributed by atoms with E-state index >= 15 is 0 Å². The number of hydrogen-bond donors (Lipinski definition) is 0. The fourth-order valence-electron chi connectivity index (χ4n) is 3.16. The molecule has 1 unspecified atom stereocenters. The second-order valence-corrected chi connectivity index (χ2v) is 8.14. The summed E-state index contributed by atoms with van der Waals surface area (Å²) in [6, 6.07) is 0. The molecule has 0 aromatic heterocycles. The molecular weight excluding hydrogens is 428 g/mol. The van der Waals surface area contributed by atoms with Crippen LogP contribution >= 0.6 is 0 Å². The van der Waals surface area contributed by atoms with E-state index in [9.17, 15) is 19.2 Å². The van der Waals surface area contributed by atoms with Gasteiger partial charge in [-0.3, -0.25) is 19.2 Å². The third-order valence-corrected chi connectivity index (χ3v) is 5.29. The van der Waals surface area contributed by atoms with Gasteiger partial charge in [0.2, 0.25) is 0 Å². The lowest BCUT2D eigenvalue weighted by Crippen LogP contribution is -2.57. The van der Waals surface area contributed by atoms with Crippen LogP contribution in [-0.4, -0.2) is 50.3 Å². The van der Waals surface area contributed by atoms with E-state index in [-0.39, 0.29) is 32.8 Å². The van der Waals surface area contributed by atoms with Gasteiger partial charge in [-0.2, -0.15) is 0 Å². The average Bonchev–Trinajstić information content (AvgIpc) is 2.79. The van der Waals surface area contributed by atoms with Gasteiger partial charge in [0.1, 0.15) is 0 Å². The molecule has 1 atom stereocenters. The normalized spacial score (nSPS) is 12.0. The van der Waals surface area contributed by atoms with Gasteiger partial charge >= 0.3 is 23.9 Å². The molecule has 0 aromatic rings. The Morgan fingerprint density at radius 1 is 0.545 bits per heavy atom. The number of ether oxygens (including phenoxy) is 4. The molecule has 0 N–H and O–H groups in total. The molecule has 0 saturated carbocycles. The Morgan fingerprint density at radius 3 is 1.18 bits per heavy atom. The van der Waals surface area contributed by atoms with E-state index in [4.69, 9.17) is 18.9 Å². The van der Waals surface area contributed by atoms with E-state index in [1.807, 2.05) is 27.7 Å². The standard InChI is InChI=1S/C25H44O8/c1-6-11-16-30-21(26)20(15-10-5)25(22(27)31-17-12-7-2,23(28)32-18-13-8-3)24(29)33-19-14-9-4/h20H,6-19H2,1-5H3. The van der Waals surface area contributed by atoms with Gasteiger partial charge in [-0.05, 0) is 32.1 Å². The van der Waals surface area contributed by atoms with E-state index in [1.54, 1.807) is 6.92 Å². The Bertz CT molecular complexity index is 532. The van der Waals surface area contributed by atoms with Crippen LogP contribution in [0.15, 0.2) is 0 Å². The topological polar surface area (TPSA) is 105 Å². The third kappa shape index (κ3) is 9.72. The molecule has 0 rings (SSSR count). The Morgan fingerprint density at radius 2 is 0.879 bits per heavy atom. The van der Waals surface area contributed by atoms with Crippen LogP contribution in [0.25, 0.3) is 0 Å². The van der Waals surface area contributed by atoms with Gasteiger partial charge in [-0.1, -0.05) is 66.7 Å². The van der Waals surface area contributed by atoms with Gasteiger partial charge < -0.3 is 18.9 Å². The molecule has 0 spiro atoms. The largest absolute Gasteiger partial charge is 0.465 e. The molecule has 8 nitrogen and oxygen atoms in total. The van der Waals surface area contributed by atoms with E-state index in [1.165, 1.54) is 0 Å². The van der Waals surface area contributed by atoms with E-state index in [2.05, 4.69) is 0 Å². The molecule has 0 radical (unpaired) electrons. The molecule has 0 aromatic carbocycles. The summed E-state index contributed by atoms with van der Waals surface area (Å²) in [7, 11) is 0. The summed E-state index contributed by atoms with van der Waals surface area (Å²) in [5.41, 5.74) is -2.55. The second kappa shape index (κ2) is 18.3. The maximum atomic E-state index is 13.4. The number of rotatable bonds is 19. The molecule has 0 amide bonds. The highest BCUT2D eigenvalue weighted by Crippen LogP contribution is 2.38.